The van der Waals surface area contributed by atoms with Crippen molar-refractivity contribution in [2.45, 2.75) is 28.7 Å². The molecule has 1 N–H and O–H groups in total. The number of phenolic OH excluding ortho intramolecular Hbond substituents is 1. The van der Waals surface area contributed by atoms with Crippen LogP contribution in [0.25, 0.3) is 0 Å². The van der Waals surface area contributed by atoms with Gasteiger partial charge in [0.25, 0.3) is 0 Å². The third-order valence-corrected chi connectivity index (χ3v) is 6.36. The van der Waals surface area contributed by atoms with Gasteiger partial charge in [0.05, 0.1) is 11.0 Å². The van der Waals surface area contributed by atoms with Crippen LogP contribution in [0, 0.1) is 0 Å². The predicted octanol–water partition coefficient (Wildman–Crippen LogP) is 1.91. The zero-order valence-corrected chi connectivity index (χ0v) is 13.2. The van der Waals surface area contributed by atoms with E-state index in [-0.39, 0.29) is 16.7 Å². The molecule has 0 bridgehead atoms. The number of benzene rings is 1. The maximum atomic E-state index is 12.7. The van der Waals surface area contributed by atoms with Gasteiger partial charge in [-0.05, 0) is 31.2 Å². The summed E-state index contributed by atoms with van der Waals surface area (Å²) < 4.78 is 32.1. The summed E-state index contributed by atoms with van der Waals surface area (Å²) in [5.74, 6) is -0.0341. The van der Waals surface area contributed by atoms with E-state index in [0.29, 0.717) is 30.8 Å². The molecule has 1 fully saturated rings. The van der Waals surface area contributed by atoms with Crippen LogP contribution in [0.3, 0.4) is 0 Å². The van der Waals surface area contributed by atoms with E-state index in [2.05, 4.69) is 0 Å². The van der Waals surface area contributed by atoms with Gasteiger partial charge < -0.3 is 9.84 Å². The molecule has 0 spiro atoms. The maximum absolute atomic E-state index is 12.7. The highest BCUT2D eigenvalue weighted by atomic mass is 32.2. The second-order valence-electron chi connectivity index (χ2n) is 4.67. The second-order valence-corrected chi connectivity index (χ2v) is 7.43. The average molecular weight is 317 g/mol. The number of hydrogen-bond donors (Lipinski definition) is 1. The largest absolute Gasteiger partial charge is 0.508 e. The Balaban J connectivity index is 2.29. The van der Waals surface area contributed by atoms with Crippen molar-refractivity contribution in [1.82, 2.24) is 4.31 Å². The van der Waals surface area contributed by atoms with Crippen LogP contribution in [0.5, 0.6) is 5.75 Å². The molecule has 5 nitrogen and oxygen atoms in total. The molecule has 1 saturated heterocycles. The minimum Gasteiger partial charge on any atom is -0.508 e. The topological polar surface area (TPSA) is 66.8 Å². The summed E-state index contributed by atoms with van der Waals surface area (Å²) in [4.78, 5) is 0.831. The lowest BCUT2D eigenvalue weighted by Crippen LogP contribution is -2.40. The zero-order chi connectivity index (χ0) is 14.8. The second kappa shape index (κ2) is 6.34. The number of piperidine rings is 1. The molecule has 1 aromatic carbocycles. The fourth-order valence-electron chi connectivity index (χ4n) is 2.31. The monoisotopic (exact) mass is 317 g/mol. The lowest BCUT2D eigenvalue weighted by molar-refractivity contribution is 0.0604. The van der Waals surface area contributed by atoms with E-state index in [4.69, 9.17) is 4.74 Å². The van der Waals surface area contributed by atoms with Gasteiger partial charge in [0.1, 0.15) is 5.75 Å². The Labute approximate surface area is 124 Å². The molecule has 2 rings (SSSR count). The number of phenols is 1. The van der Waals surface area contributed by atoms with Crippen LogP contribution < -0.4 is 0 Å². The van der Waals surface area contributed by atoms with E-state index >= 15 is 0 Å². The van der Waals surface area contributed by atoms with Crippen LogP contribution >= 0.6 is 11.8 Å². The van der Waals surface area contributed by atoms with Crippen molar-refractivity contribution in [3.05, 3.63) is 18.2 Å². The first-order chi connectivity index (χ1) is 9.48. The SMILES string of the molecule is COC1CCN(S(=O)(=O)c2cc(O)ccc2SC)CC1. The molecule has 7 heteroatoms. The van der Waals surface area contributed by atoms with Crippen molar-refractivity contribution in [2.24, 2.45) is 0 Å². The van der Waals surface area contributed by atoms with Crippen LogP contribution in [0.4, 0.5) is 0 Å². The summed E-state index contributed by atoms with van der Waals surface area (Å²) in [7, 11) is -1.91. The molecule has 0 radical (unpaired) electrons. The molecule has 1 heterocycles. The van der Waals surface area contributed by atoms with Gasteiger partial charge in [-0.3, -0.25) is 0 Å². The van der Waals surface area contributed by atoms with Gasteiger partial charge in [-0.25, -0.2) is 8.42 Å². The number of sulfonamides is 1. The molecule has 0 unspecified atom stereocenters. The summed E-state index contributed by atoms with van der Waals surface area (Å²) in [6.45, 7) is 0.897. The third kappa shape index (κ3) is 3.11. The third-order valence-electron chi connectivity index (χ3n) is 3.50. The Bertz CT molecular complexity index is 566. The molecule has 20 heavy (non-hydrogen) atoms. The number of nitrogens with zero attached hydrogens (tertiary/aromatic N) is 1. The maximum Gasteiger partial charge on any atom is 0.244 e. The van der Waals surface area contributed by atoms with Gasteiger partial charge in [-0.1, -0.05) is 0 Å². The standard InChI is InChI=1S/C13H19NO4S2/c1-18-11-5-7-14(8-6-11)20(16,17)13-9-10(15)3-4-12(13)19-2/h3-4,9,11,15H,5-8H2,1-2H3. The first-order valence-electron chi connectivity index (χ1n) is 6.39. The van der Waals surface area contributed by atoms with E-state index < -0.39 is 10.0 Å². The van der Waals surface area contributed by atoms with E-state index in [1.54, 1.807) is 13.2 Å². The quantitative estimate of drug-likeness (QED) is 0.859. The minimum absolute atomic E-state index is 0.0341. The van der Waals surface area contributed by atoms with Crippen LogP contribution in [-0.2, 0) is 14.8 Å². The average Bonchev–Trinajstić information content (AvgIpc) is 2.47. The van der Waals surface area contributed by atoms with Gasteiger partial charge in [-0.15, -0.1) is 11.8 Å². The molecule has 112 valence electrons. The molecule has 0 aliphatic carbocycles. The van der Waals surface area contributed by atoms with Crippen molar-refractivity contribution < 1.29 is 18.3 Å². The number of rotatable bonds is 4. The summed E-state index contributed by atoms with van der Waals surface area (Å²) >= 11 is 1.36. The lowest BCUT2D eigenvalue weighted by Gasteiger charge is -2.30. The summed E-state index contributed by atoms with van der Waals surface area (Å²) in [6.07, 6.45) is 3.35. The van der Waals surface area contributed by atoms with Crippen molar-refractivity contribution in [3.8, 4) is 5.75 Å². The van der Waals surface area contributed by atoms with Gasteiger partial charge in [0.15, 0.2) is 0 Å². The smallest absolute Gasteiger partial charge is 0.244 e. The van der Waals surface area contributed by atoms with E-state index in [0.717, 1.165) is 0 Å². The molecule has 1 aromatic rings. The Kier molecular flexibility index (Phi) is 4.95. The molecule has 1 aliphatic rings. The zero-order valence-electron chi connectivity index (χ0n) is 11.6. The molecule has 0 aromatic heterocycles. The molecular weight excluding hydrogens is 298 g/mol. The molecular formula is C13H19NO4S2. The number of thioether (sulfide) groups is 1. The highest BCUT2D eigenvalue weighted by Gasteiger charge is 2.31. The predicted molar refractivity (Wildman–Crippen MR) is 78.7 cm³/mol. The Morgan fingerprint density at radius 3 is 2.55 bits per heavy atom. The summed E-state index contributed by atoms with van der Waals surface area (Å²) in [5, 5.41) is 9.56. The Morgan fingerprint density at radius 1 is 1.35 bits per heavy atom. The number of methoxy groups -OCH3 is 1. The Morgan fingerprint density at radius 2 is 2.00 bits per heavy atom. The number of hydrogen-bond acceptors (Lipinski definition) is 5. The summed E-state index contributed by atoms with van der Waals surface area (Å²) in [5.41, 5.74) is 0. The fourth-order valence-corrected chi connectivity index (χ4v) is 4.91. The number of aromatic hydroxyl groups is 1. The molecule has 0 amide bonds. The van der Waals surface area contributed by atoms with Crippen molar-refractivity contribution in [2.75, 3.05) is 26.5 Å². The van der Waals surface area contributed by atoms with Crippen LogP contribution in [-0.4, -0.2) is 50.4 Å². The normalized spacial score (nSPS) is 18.3. The van der Waals surface area contributed by atoms with E-state index in [1.165, 1.54) is 28.2 Å². The van der Waals surface area contributed by atoms with E-state index in [9.17, 15) is 13.5 Å². The molecule has 0 saturated carbocycles. The van der Waals surface area contributed by atoms with Crippen LogP contribution in [0.1, 0.15) is 12.8 Å². The van der Waals surface area contributed by atoms with Gasteiger partial charge in [0.2, 0.25) is 10.0 Å². The van der Waals surface area contributed by atoms with Crippen molar-refractivity contribution in [3.63, 3.8) is 0 Å². The van der Waals surface area contributed by atoms with Gasteiger partial charge in [-0.2, -0.15) is 4.31 Å². The van der Waals surface area contributed by atoms with E-state index in [1.807, 2.05) is 6.26 Å². The molecule has 0 atom stereocenters. The first-order valence-corrected chi connectivity index (χ1v) is 9.05. The van der Waals surface area contributed by atoms with Gasteiger partial charge >= 0.3 is 0 Å². The highest BCUT2D eigenvalue weighted by molar-refractivity contribution is 7.99. The first kappa shape index (κ1) is 15.6. The number of ether oxygens (including phenoxy) is 1. The van der Waals surface area contributed by atoms with Crippen LogP contribution in [0.2, 0.25) is 0 Å². The van der Waals surface area contributed by atoms with Crippen molar-refractivity contribution >= 4 is 21.8 Å². The lowest BCUT2D eigenvalue weighted by atomic mass is 10.1. The van der Waals surface area contributed by atoms with Gasteiger partial charge in [0, 0.05) is 31.2 Å². The van der Waals surface area contributed by atoms with Crippen LogP contribution in [0.15, 0.2) is 28.0 Å². The highest BCUT2D eigenvalue weighted by Crippen LogP contribution is 2.31. The van der Waals surface area contributed by atoms with Crippen molar-refractivity contribution in [1.29, 1.82) is 0 Å². The fraction of sp³-hybridized carbons (Fsp3) is 0.538. The summed E-state index contributed by atoms with van der Waals surface area (Å²) in [6, 6.07) is 4.46. The Hall–Kier alpha value is -0.760. The minimum atomic E-state index is -3.56. The molecule has 1 aliphatic heterocycles.